The van der Waals surface area contributed by atoms with E-state index in [4.69, 9.17) is 4.98 Å². The van der Waals surface area contributed by atoms with Gasteiger partial charge in [0, 0.05) is 35.9 Å². The third-order valence-electron chi connectivity index (χ3n) is 5.05. The third kappa shape index (κ3) is 4.99. The molecule has 0 saturated carbocycles. The topological polar surface area (TPSA) is 51.0 Å². The number of carbonyl (C=O) groups is 1. The number of carbonyl (C=O) groups excluding carboxylic acids is 1. The number of amides is 1. The SMILES string of the molecule is CCSc1ccc(C(=O)N(CCCn2ccnc2)c2nc3cc(C)cc(C)c3s2)cc1. The van der Waals surface area contributed by atoms with Crippen molar-refractivity contribution < 1.29 is 4.79 Å². The lowest BCUT2D eigenvalue weighted by Crippen LogP contribution is -2.32. The van der Waals surface area contributed by atoms with Crippen LogP contribution in [0.15, 0.2) is 60.0 Å². The Morgan fingerprint density at radius 2 is 2.00 bits per heavy atom. The molecule has 0 spiro atoms. The maximum absolute atomic E-state index is 13.5. The van der Waals surface area contributed by atoms with Gasteiger partial charge < -0.3 is 4.57 Å². The lowest BCUT2D eigenvalue weighted by Gasteiger charge is -2.20. The maximum atomic E-state index is 13.5. The molecule has 0 aliphatic rings. The largest absolute Gasteiger partial charge is 0.337 e. The van der Waals surface area contributed by atoms with Crippen molar-refractivity contribution in [2.45, 2.75) is 38.6 Å². The summed E-state index contributed by atoms with van der Waals surface area (Å²) >= 11 is 3.37. The van der Waals surface area contributed by atoms with Crippen LogP contribution in [0.2, 0.25) is 0 Å². The first-order valence-corrected chi connectivity index (χ1v) is 12.2. The van der Waals surface area contributed by atoms with E-state index in [0.717, 1.165) is 34.1 Å². The van der Waals surface area contributed by atoms with Gasteiger partial charge in [0.05, 0.1) is 16.5 Å². The van der Waals surface area contributed by atoms with Gasteiger partial charge in [0.25, 0.3) is 5.91 Å². The monoisotopic (exact) mass is 450 g/mol. The zero-order valence-corrected chi connectivity index (χ0v) is 19.7. The maximum Gasteiger partial charge on any atom is 0.260 e. The van der Waals surface area contributed by atoms with Crippen molar-refractivity contribution in [3.05, 3.63) is 71.8 Å². The van der Waals surface area contributed by atoms with E-state index in [1.807, 2.05) is 39.9 Å². The molecular weight excluding hydrogens is 424 g/mol. The molecule has 0 saturated heterocycles. The molecule has 0 fully saturated rings. The molecule has 0 aliphatic carbocycles. The number of hydrogen-bond donors (Lipinski definition) is 0. The molecule has 5 nitrogen and oxygen atoms in total. The summed E-state index contributed by atoms with van der Waals surface area (Å²) in [6.45, 7) is 7.71. The van der Waals surface area contributed by atoms with E-state index in [1.165, 1.54) is 16.0 Å². The zero-order chi connectivity index (χ0) is 21.8. The summed E-state index contributed by atoms with van der Waals surface area (Å²) in [5.74, 6) is 1.00. The minimum atomic E-state index is -0.00730. The van der Waals surface area contributed by atoms with Crippen LogP contribution in [-0.4, -0.2) is 32.7 Å². The van der Waals surface area contributed by atoms with E-state index in [9.17, 15) is 4.79 Å². The first-order valence-electron chi connectivity index (χ1n) is 10.4. The number of aryl methyl sites for hydroxylation is 3. The molecule has 160 valence electrons. The molecule has 4 aromatic rings. The molecule has 31 heavy (non-hydrogen) atoms. The van der Waals surface area contributed by atoms with Gasteiger partial charge in [0.2, 0.25) is 0 Å². The van der Waals surface area contributed by atoms with Crippen molar-refractivity contribution in [1.82, 2.24) is 14.5 Å². The Bertz CT molecular complexity index is 1170. The summed E-state index contributed by atoms with van der Waals surface area (Å²) in [7, 11) is 0. The predicted octanol–water partition coefficient (Wildman–Crippen LogP) is 5.96. The normalized spacial score (nSPS) is 11.2. The van der Waals surface area contributed by atoms with Crippen molar-refractivity contribution in [1.29, 1.82) is 0 Å². The molecule has 1 amide bonds. The summed E-state index contributed by atoms with van der Waals surface area (Å²) < 4.78 is 3.17. The number of nitrogens with zero attached hydrogens (tertiary/aromatic N) is 4. The number of aromatic nitrogens is 3. The molecule has 0 atom stereocenters. The first-order chi connectivity index (χ1) is 15.0. The Kier molecular flexibility index (Phi) is 6.73. The van der Waals surface area contributed by atoms with E-state index in [-0.39, 0.29) is 5.91 Å². The molecule has 0 aliphatic heterocycles. The quantitative estimate of drug-likeness (QED) is 0.311. The summed E-state index contributed by atoms with van der Waals surface area (Å²) in [5, 5.41) is 0.756. The zero-order valence-electron chi connectivity index (χ0n) is 18.0. The highest BCUT2D eigenvalue weighted by Crippen LogP contribution is 2.33. The highest BCUT2D eigenvalue weighted by atomic mass is 32.2. The number of benzene rings is 2. The van der Waals surface area contributed by atoms with Crippen molar-refractivity contribution >= 4 is 44.4 Å². The van der Waals surface area contributed by atoms with Crippen LogP contribution in [0.1, 0.15) is 34.8 Å². The Morgan fingerprint density at radius 1 is 1.19 bits per heavy atom. The number of imidazole rings is 1. The fourth-order valence-electron chi connectivity index (χ4n) is 3.61. The second-order valence-corrected chi connectivity index (χ2v) is 9.81. The number of thiazole rings is 1. The Morgan fingerprint density at radius 3 is 2.71 bits per heavy atom. The van der Waals surface area contributed by atoms with Crippen LogP contribution in [0, 0.1) is 13.8 Å². The van der Waals surface area contributed by atoms with Crippen LogP contribution in [0.3, 0.4) is 0 Å². The van der Waals surface area contributed by atoms with E-state index < -0.39 is 0 Å². The van der Waals surface area contributed by atoms with Gasteiger partial charge in [-0.25, -0.2) is 9.97 Å². The second kappa shape index (κ2) is 9.66. The van der Waals surface area contributed by atoms with Gasteiger partial charge in [-0.15, -0.1) is 11.8 Å². The molecule has 0 unspecified atom stereocenters. The lowest BCUT2D eigenvalue weighted by molar-refractivity contribution is 0.0986. The molecule has 2 heterocycles. The highest BCUT2D eigenvalue weighted by molar-refractivity contribution is 7.99. The molecule has 2 aromatic heterocycles. The molecular formula is C24H26N4OS2. The van der Waals surface area contributed by atoms with Crippen molar-refractivity contribution in [2.24, 2.45) is 0 Å². The summed E-state index contributed by atoms with van der Waals surface area (Å²) in [5.41, 5.74) is 4.03. The smallest absolute Gasteiger partial charge is 0.260 e. The van der Waals surface area contributed by atoms with Crippen LogP contribution in [0.5, 0.6) is 0 Å². The fourth-order valence-corrected chi connectivity index (χ4v) is 5.31. The van der Waals surface area contributed by atoms with Gasteiger partial charge >= 0.3 is 0 Å². The van der Waals surface area contributed by atoms with Crippen LogP contribution in [-0.2, 0) is 6.54 Å². The first kappa shape index (κ1) is 21.6. The summed E-state index contributed by atoms with van der Waals surface area (Å²) in [4.78, 5) is 25.5. The summed E-state index contributed by atoms with van der Waals surface area (Å²) in [6.07, 6.45) is 6.34. The van der Waals surface area contributed by atoms with E-state index in [2.05, 4.69) is 37.9 Å². The molecule has 4 rings (SSSR count). The number of fused-ring (bicyclic) bond motifs is 1. The van der Waals surface area contributed by atoms with Crippen LogP contribution in [0.25, 0.3) is 10.2 Å². The van der Waals surface area contributed by atoms with Crippen molar-refractivity contribution in [3.8, 4) is 0 Å². The van der Waals surface area contributed by atoms with E-state index in [1.54, 1.807) is 35.6 Å². The second-order valence-electron chi connectivity index (χ2n) is 7.49. The van der Waals surface area contributed by atoms with Crippen molar-refractivity contribution in [2.75, 3.05) is 17.2 Å². The van der Waals surface area contributed by atoms with Gasteiger partial charge in [0.15, 0.2) is 5.13 Å². The van der Waals surface area contributed by atoms with Crippen LogP contribution < -0.4 is 4.90 Å². The van der Waals surface area contributed by atoms with Crippen LogP contribution >= 0.6 is 23.1 Å². The number of anilines is 1. The minimum absolute atomic E-state index is 0.00730. The number of rotatable bonds is 8. The molecule has 0 radical (unpaired) electrons. The van der Waals surface area contributed by atoms with Gasteiger partial charge in [0.1, 0.15) is 0 Å². The van der Waals surface area contributed by atoms with Gasteiger partial charge in [-0.3, -0.25) is 9.69 Å². The minimum Gasteiger partial charge on any atom is -0.337 e. The molecule has 2 aromatic carbocycles. The average Bonchev–Trinajstić information content (AvgIpc) is 3.41. The Labute approximate surface area is 191 Å². The lowest BCUT2D eigenvalue weighted by atomic mass is 10.1. The molecule has 0 bridgehead atoms. The molecule has 7 heteroatoms. The number of thioether (sulfide) groups is 1. The molecule has 0 N–H and O–H groups in total. The Hall–Kier alpha value is -2.64. The Balaban J connectivity index is 1.63. The predicted molar refractivity (Wildman–Crippen MR) is 130 cm³/mol. The standard InChI is InChI=1S/C24H26N4OS2/c1-4-30-20-8-6-19(7-9-20)23(29)28(12-5-11-27-13-10-25-16-27)24-26-21-15-17(2)14-18(3)22(21)31-24/h6-10,13-16H,4-5,11-12H2,1-3H3. The van der Waals surface area contributed by atoms with Gasteiger partial charge in [-0.2, -0.15) is 0 Å². The fraction of sp³-hybridized carbons (Fsp3) is 0.292. The highest BCUT2D eigenvalue weighted by Gasteiger charge is 2.22. The van der Waals surface area contributed by atoms with Crippen molar-refractivity contribution in [3.63, 3.8) is 0 Å². The third-order valence-corrected chi connectivity index (χ3v) is 7.18. The van der Waals surface area contributed by atoms with E-state index >= 15 is 0 Å². The van der Waals surface area contributed by atoms with Crippen LogP contribution in [0.4, 0.5) is 5.13 Å². The van der Waals surface area contributed by atoms with E-state index in [0.29, 0.717) is 12.1 Å². The number of hydrogen-bond acceptors (Lipinski definition) is 5. The summed E-state index contributed by atoms with van der Waals surface area (Å²) in [6, 6.07) is 12.2. The van der Waals surface area contributed by atoms with Gasteiger partial charge in [-0.05, 0) is 67.5 Å². The average molecular weight is 451 g/mol. The van der Waals surface area contributed by atoms with Gasteiger partial charge in [-0.1, -0.05) is 24.3 Å².